The SMILES string of the molecule is [CH2]CCOC(=O)C=C.[NaH]. The summed E-state index contributed by atoms with van der Waals surface area (Å²) >= 11 is 0. The molecule has 0 atom stereocenters. The van der Waals surface area contributed by atoms with Gasteiger partial charge in [0, 0.05) is 6.08 Å². The molecule has 0 saturated carbocycles. The number of carbonyl (C=O) groups excluding carboxylic acids is 1. The van der Waals surface area contributed by atoms with Gasteiger partial charge in [-0.1, -0.05) is 6.58 Å². The zero-order valence-corrected chi connectivity index (χ0v) is 4.72. The number of hydrogen-bond acceptors (Lipinski definition) is 2. The molecule has 47 valence electrons. The number of esters is 1. The molecule has 0 saturated heterocycles. The molecule has 0 fully saturated rings. The van der Waals surface area contributed by atoms with Crippen molar-refractivity contribution >= 4 is 35.5 Å². The normalized spacial score (nSPS) is 7.22. The van der Waals surface area contributed by atoms with E-state index in [1.807, 2.05) is 0 Å². The van der Waals surface area contributed by atoms with Crippen LogP contribution in [0.25, 0.3) is 0 Å². The van der Waals surface area contributed by atoms with Crippen LogP contribution in [0.4, 0.5) is 0 Å². The molecular weight excluding hydrogens is 127 g/mol. The molecule has 0 aromatic heterocycles. The summed E-state index contributed by atoms with van der Waals surface area (Å²) in [6, 6.07) is 0. The van der Waals surface area contributed by atoms with Gasteiger partial charge in [-0.3, -0.25) is 0 Å². The molecule has 0 aromatic carbocycles. The van der Waals surface area contributed by atoms with Crippen molar-refractivity contribution in [3.63, 3.8) is 0 Å². The van der Waals surface area contributed by atoms with Gasteiger partial charge in [0.05, 0.1) is 6.61 Å². The van der Waals surface area contributed by atoms with E-state index < -0.39 is 0 Å². The molecule has 0 aromatic rings. The Balaban J connectivity index is 0. The molecule has 0 aliphatic rings. The predicted octanol–water partition coefficient (Wildman–Crippen LogP) is 0.291. The van der Waals surface area contributed by atoms with Gasteiger partial charge in [-0.05, 0) is 13.3 Å². The molecule has 3 heteroatoms. The van der Waals surface area contributed by atoms with E-state index in [1.165, 1.54) is 0 Å². The van der Waals surface area contributed by atoms with E-state index in [4.69, 9.17) is 0 Å². The molecule has 2 nitrogen and oxygen atoms in total. The van der Waals surface area contributed by atoms with Crippen molar-refractivity contribution in [2.75, 3.05) is 6.61 Å². The predicted molar refractivity (Wildman–Crippen MR) is 38.3 cm³/mol. The number of rotatable bonds is 3. The van der Waals surface area contributed by atoms with Crippen LogP contribution in [0.5, 0.6) is 0 Å². The maximum atomic E-state index is 10.2. The first-order chi connectivity index (χ1) is 3.81. The van der Waals surface area contributed by atoms with Crippen LogP contribution in [0.15, 0.2) is 12.7 Å². The zero-order valence-electron chi connectivity index (χ0n) is 4.72. The van der Waals surface area contributed by atoms with Crippen LogP contribution >= 0.6 is 0 Å². The molecular formula is C6H10NaO2. The zero-order chi connectivity index (χ0) is 6.41. The summed E-state index contributed by atoms with van der Waals surface area (Å²) in [5, 5.41) is 0. The van der Waals surface area contributed by atoms with Crippen molar-refractivity contribution in [2.45, 2.75) is 6.42 Å². The third-order valence-electron chi connectivity index (χ3n) is 0.555. The van der Waals surface area contributed by atoms with Crippen LogP contribution in [0.3, 0.4) is 0 Å². The van der Waals surface area contributed by atoms with Crippen LogP contribution < -0.4 is 0 Å². The van der Waals surface area contributed by atoms with E-state index >= 15 is 0 Å². The fraction of sp³-hybridized carbons (Fsp3) is 0.333. The Kier molecular flexibility index (Phi) is 10.9. The van der Waals surface area contributed by atoms with Gasteiger partial charge in [-0.25, -0.2) is 4.79 Å². The molecule has 9 heavy (non-hydrogen) atoms. The van der Waals surface area contributed by atoms with Gasteiger partial charge in [0.1, 0.15) is 0 Å². The molecule has 0 bridgehead atoms. The van der Waals surface area contributed by atoms with Gasteiger partial charge in [0.15, 0.2) is 0 Å². The molecule has 0 aliphatic heterocycles. The Morgan fingerprint density at radius 1 is 1.67 bits per heavy atom. The Morgan fingerprint density at radius 3 is 2.56 bits per heavy atom. The molecule has 1 radical (unpaired) electrons. The third kappa shape index (κ3) is 8.21. The van der Waals surface area contributed by atoms with E-state index in [1.54, 1.807) is 0 Å². The monoisotopic (exact) mass is 137 g/mol. The van der Waals surface area contributed by atoms with Crippen LogP contribution in [-0.2, 0) is 9.53 Å². The van der Waals surface area contributed by atoms with Crippen LogP contribution in [0.1, 0.15) is 6.42 Å². The van der Waals surface area contributed by atoms with E-state index in [-0.39, 0.29) is 35.5 Å². The van der Waals surface area contributed by atoms with E-state index in [0.717, 1.165) is 6.08 Å². The molecule has 0 spiro atoms. The fourth-order valence-electron chi connectivity index (χ4n) is 0.232. The number of ether oxygens (including phenoxy) is 1. The summed E-state index contributed by atoms with van der Waals surface area (Å²) in [5.41, 5.74) is 0. The molecule has 0 aliphatic carbocycles. The van der Waals surface area contributed by atoms with Gasteiger partial charge in [0.2, 0.25) is 0 Å². The van der Waals surface area contributed by atoms with Crippen LogP contribution in [0, 0.1) is 6.92 Å². The second kappa shape index (κ2) is 8.21. The molecule has 0 rings (SSSR count). The van der Waals surface area contributed by atoms with Gasteiger partial charge in [-0.15, -0.1) is 0 Å². The first-order valence-electron chi connectivity index (χ1n) is 2.39. The van der Waals surface area contributed by atoms with Crippen molar-refractivity contribution in [1.82, 2.24) is 0 Å². The minimum absolute atomic E-state index is 0. The second-order valence-corrected chi connectivity index (χ2v) is 1.23. The van der Waals surface area contributed by atoms with Gasteiger partial charge < -0.3 is 4.74 Å². The summed E-state index contributed by atoms with van der Waals surface area (Å²) in [7, 11) is 0. The average molecular weight is 137 g/mol. The Bertz CT molecular complexity index is 91.1. The molecule has 0 heterocycles. The maximum absolute atomic E-state index is 10.2. The van der Waals surface area contributed by atoms with Gasteiger partial charge >= 0.3 is 35.5 Å². The summed E-state index contributed by atoms with van der Waals surface area (Å²) in [6.07, 6.45) is 1.75. The summed E-state index contributed by atoms with van der Waals surface area (Å²) in [4.78, 5) is 10.2. The van der Waals surface area contributed by atoms with Gasteiger partial charge in [0.25, 0.3) is 0 Å². The molecule has 0 amide bonds. The Labute approximate surface area is 77.6 Å². The van der Waals surface area contributed by atoms with Gasteiger partial charge in [-0.2, -0.15) is 0 Å². The van der Waals surface area contributed by atoms with E-state index in [2.05, 4.69) is 18.2 Å². The molecule has 0 unspecified atom stereocenters. The number of carbonyl (C=O) groups is 1. The van der Waals surface area contributed by atoms with Crippen molar-refractivity contribution in [2.24, 2.45) is 0 Å². The topological polar surface area (TPSA) is 26.3 Å². The van der Waals surface area contributed by atoms with Crippen molar-refractivity contribution in [3.8, 4) is 0 Å². The van der Waals surface area contributed by atoms with Crippen LogP contribution in [0.2, 0.25) is 0 Å². The standard InChI is InChI=1S/C6H9O2.Na.H/c1-3-5-8-6(7)4-2;;/h4H,1-3,5H2;;. The second-order valence-electron chi connectivity index (χ2n) is 1.23. The minimum atomic E-state index is -0.381. The van der Waals surface area contributed by atoms with E-state index in [0.29, 0.717) is 13.0 Å². The number of hydrogen-bond donors (Lipinski definition) is 0. The van der Waals surface area contributed by atoms with E-state index in [9.17, 15) is 4.79 Å². The van der Waals surface area contributed by atoms with Crippen LogP contribution in [-0.4, -0.2) is 42.1 Å². The molecule has 0 N–H and O–H groups in total. The summed E-state index contributed by atoms with van der Waals surface area (Å²) in [6.45, 7) is 7.08. The Hall–Kier alpha value is 0.210. The van der Waals surface area contributed by atoms with Crippen molar-refractivity contribution in [1.29, 1.82) is 0 Å². The van der Waals surface area contributed by atoms with Crippen molar-refractivity contribution in [3.05, 3.63) is 19.6 Å². The fourth-order valence-corrected chi connectivity index (χ4v) is 0.232. The quantitative estimate of drug-likeness (QED) is 0.317. The van der Waals surface area contributed by atoms with Crippen molar-refractivity contribution < 1.29 is 9.53 Å². The first-order valence-corrected chi connectivity index (χ1v) is 2.39. The summed E-state index contributed by atoms with van der Waals surface area (Å²) < 4.78 is 4.52. The first kappa shape index (κ1) is 11.9. The summed E-state index contributed by atoms with van der Waals surface area (Å²) in [5.74, 6) is -0.381. The third-order valence-corrected chi connectivity index (χ3v) is 0.555. The Morgan fingerprint density at radius 2 is 2.22 bits per heavy atom. The average Bonchev–Trinajstić information content (AvgIpc) is 1.83.